The second-order valence-corrected chi connectivity index (χ2v) is 8.42. The van der Waals surface area contributed by atoms with E-state index in [1.807, 2.05) is 42.5 Å². The number of nitrogens with zero attached hydrogens (tertiary/aromatic N) is 2. The summed E-state index contributed by atoms with van der Waals surface area (Å²) < 4.78 is 1.62. The van der Waals surface area contributed by atoms with E-state index in [2.05, 4.69) is 10.3 Å². The van der Waals surface area contributed by atoms with E-state index in [-0.39, 0.29) is 23.0 Å². The molecule has 0 aliphatic heterocycles. The van der Waals surface area contributed by atoms with E-state index in [9.17, 15) is 14.4 Å². The van der Waals surface area contributed by atoms with Crippen LogP contribution in [0.1, 0.15) is 29.3 Å². The van der Waals surface area contributed by atoms with E-state index < -0.39 is 0 Å². The summed E-state index contributed by atoms with van der Waals surface area (Å²) in [6.07, 6.45) is 0.390. The highest BCUT2D eigenvalue weighted by atomic mass is 32.2. The summed E-state index contributed by atoms with van der Waals surface area (Å²) in [5.41, 5.74) is 2.65. The molecule has 1 amide bonds. The SMILES string of the molecule is CCC(=O)Nc1ccc(C(=O)CSc2nc3ccccc3c(=O)n2Cc2ccccc2)cc1. The Kier molecular flexibility index (Phi) is 7.00. The number of rotatable bonds is 8. The molecule has 0 radical (unpaired) electrons. The van der Waals surface area contributed by atoms with Crippen LogP contribution in [0.15, 0.2) is 88.8 Å². The molecular weight excluding hydrogens is 434 g/mol. The van der Waals surface area contributed by atoms with Gasteiger partial charge in [-0.05, 0) is 42.0 Å². The van der Waals surface area contributed by atoms with Gasteiger partial charge in [0.15, 0.2) is 10.9 Å². The number of ketones is 1. The van der Waals surface area contributed by atoms with Crippen molar-refractivity contribution in [2.75, 3.05) is 11.1 Å². The van der Waals surface area contributed by atoms with Crippen LogP contribution in [0.5, 0.6) is 0 Å². The average molecular weight is 458 g/mol. The largest absolute Gasteiger partial charge is 0.326 e. The molecule has 6 nitrogen and oxygen atoms in total. The van der Waals surface area contributed by atoms with Gasteiger partial charge in [0.25, 0.3) is 5.56 Å². The number of hydrogen-bond acceptors (Lipinski definition) is 5. The third kappa shape index (κ3) is 5.38. The minimum absolute atomic E-state index is 0.0802. The number of benzene rings is 3. The molecule has 0 bridgehead atoms. The van der Waals surface area contributed by atoms with Crippen molar-refractivity contribution in [2.45, 2.75) is 25.0 Å². The van der Waals surface area contributed by atoms with E-state index in [0.29, 0.717) is 40.3 Å². The Morgan fingerprint density at radius 3 is 2.36 bits per heavy atom. The van der Waals surface area contributed by atoms with Gasteiger partial charge in [-0.1, -0.05) is 61.2 Å². The summed E-state index contributed by atoms with van der Waals surface area (Å²) in [5.74, 6) is -0.0225. The van der Waals surface area contributed by atoms with Crippen LogP contribution in [0.2, 0.25) is 0 Å². The van der Waals surface area contributed by atoms with Crippen LogP contribution in [0.25, 0.3) is 10.9 Å². The molecule has 0 aliphatic carbocycles. The molecule has 0 saturated carbocycles. The number of amides is 1. The summed E-state index contributed by atoms with van der Waals surface area (Å²) >= 11 is 1.25. The summed E-state index contributed by atoms with van der Waals surface area (Å²) in [7, 11) is 0. The molecule has 1 N–H and O–H groups in total. The van der Waals surface area contributed by atoms with Crippen molar-refractivity contribution in [1.29, 1.82) is 0 Å². The van der Waals surface area contributed by atoms with Crippen molar-refractivity contribution in [3.05, 3.63) is 100 Å². The normalized spacial score (nSPS) is 10.8. The average Bonchev–Trinajstić information content (AvgIpc) is 2.85. The number of aromatic nitrogens is 2. The predicted molar refractivity (Wildman–Crippen MR) is 132 cm³/mol. The molecule has 0 aliphatic rings. The Labute approximate surface area is 195 Å². The van der Waals surface area contributed by atoms with Gasteiger partial charge in [0.1, 0.15) is 0 Å². The number of hydrogen-bond donors (Lipinski definition) is 1. The summed E-state index contributed by atoms with van der Waals surface area (Å²) in [6, 6.07) is 23.8. The predicted octanol–water partition coefficient (Wildman–Crippen LogP) is 4.77. The highest BCUT2D eigenvalue weighted by molar-refractivity contribution is 7.99. The van der Waals surface area contributed by atoms with Crippen molar-refractivity contribution in [2.24, 2.45) is 0 Å². The second-order valence-electron chi connectivity index (χ2n) is 7.48. The first kappa shape index (κ1) is 22.5. The fraction of sp³-hybridized carbons (Fsp3) is 0.154. The zero-order valence-electron chi connectivity index (χ0n) is 18.2. The fourth-order valence-electron chi connectivity index (χ4n) is 3.37. The Balaban J connectivity index is 1.57. The van der Waals surface area contributed by atoms with Crippen molar-refractivity contribution in [3.8, 4) is 0 Å². The maximum atomic E-state index is 13.2. The molecule has 3 aromatic carbocycles. The van der Waals surface area contributed by atoms with Gasteiger partial charge in [-0.25, -0.2) is 4.98 Å². The lowest BCUT2D eigenvalue weighted by Gasteiger charge is -2.13. The molecular formula is C26H23N3O3S. The van der Waals surface area contributed by atoms with E-state index in [4.69, 9.17) is 0 Å². The number of Topliss-reactive ketones (excluding diaryl/α,β-unsaturated/α-hetero) is 1. The lowest BCUT2D eigenvalue weighted by molar-refractivity contribution is -0.115. The van der Waals surface area contributed by atoms with Crippen molar-refractivity contribution in [3.63, 3.8) is 0 Å². The second kappa shape index (κ2) is 10.3. The van der Waals surface area contributed by atoms with Crippen molar-refractivity contribution < 1.29 is 9.59 Å². The first-order chi connectivity index (χ1) is 16.0. The molecule has 0 fully saturated rings. The molecule has 33 heavy (non-hydrogen) atoms. The van der Waals surface area contributed by atoms with Crippen molar-refractivity contribution in [1.82, 2.24) is 9.55 Å². The minimum Gasteiger partial charge on any atom is -0.326 e. The van der Waals surface area contributed by atoms with E-state index >= 15 is 0 Å². The lowest BCUT2D eigenvalue weighted by Crippen LogP contribution is -2.24. The van der Waals surface area contributed by atoms with Crippen LogP contribution >= 0.6 is 11.8 Å². The first-order valence-corrected chi connectivity index (χ1v) is 11.6. The number of fused-ring (bicyclic) bond motifs is 1. The molecule has 7 heteroatoms. The summed E-state index contributed by atoms with van der Waals surface area (Å²) in [4.78, 5) is 42.2. The molecule has 166 valence electrons. The molecule has 1 heterocycles. The maximum absolute atomic E-state index is 13.2. The van der Waals surface area contributed by atoms with Gasteiger partial charge in [0, 0.05) is 17.7 Å². The monoisotopic (exact) mass is 457 g/mol. The van der Waals surface area contributed by atoms with Gasteiger partial charge in [-0.2, -0.15) is 0 Å². The van der Waals surface area contributed by atoms with E-state index in [1.54, 1.807) is 47.9 Å². The van der Waals surface area contributed by atoms with Crippen LogP contribution < -0.4 is 10.9 Å². The molecule has 1 aromatic heterocycles. The molecule has 0 atom stereocenters. The Hall–Kier alpha value is -3.71. The van der Waals surface area contributed by atoms with Gasteiger partial charge < -0.3 is 5.32 Å². The van der Waals surface area contributed by atoms with Crippen LogP contribution in [-0.2, 0) is 11.3 Å². The van der Waals surface area contributed by atoms with Crippen LogP contribution in [0.3, 0.4) is 0 Å². The molecule has 4 aromatic rings. The zero-order valence-corrected chi connectivity index (χ0v) is 19.0. The van der Waals surface area contributed by atoms with E-state index in [1.165, 1.54) is 11.8 Å². The van der Waals surface area contributed by atoms with Gasteiger partial charge in [0.2, 0.25) is 5.91 Å². The Bertz CT molecular complexity index is 1350. The Morgan fingerprint density at radius 1 is 0.939 bits per heavy atom. The van der Waals surface area contributed by atoms with E-state index in [0.717, 1.165) is 5.56 Å². The molecule has 0 spiro atoms. The topological polar surface area (TPSA) is 81.1 Å². The number of carbonyl (C=O) groups is 2. The molecule has 0 unspecified atom stereocenters. The molecule has 4 rings (SSSR count). The number of nitrogens with one attached hydrogen (secondary N) is 1. The van der Waals surface area contributed by atoms with Crippen LogP contribution in [-0.4, -0.2) is 27.0 Å². The first-order valence-electron chi connectivity index (χ1n) is 10.6. The standard InChI is InChI=1S/C26H23N3O3S/c1-2-24(31)27-20-14-12-19(13-15-20)23(30)17-33-26-28-22-11-7-6-10-21(22)25(32)29(26)16-18-8-4-3-5-9-18/h3-15H,2,16-17H2,1H3,(H,27,31). The fourth-order valence-corrected chi connectivity index (χ4v) is 4.26. The minimum atomic E-state index is -0.129. The highest BCUT2D eigenvalue weighted by Gasteiger charge is 2.15. The summed E-state index contributed by atoms with van der Waals surface area (Å²) in [6.45, 7) is 2.16. The van der Waals surface area contributed by atoms with Crippen LogP contribution in [0, 0.1) is 0 Å². The quantitative estimate of drug-likeness (QED) is 0.234. The van der Waals surface area contributed by atoms with Gasteiger partial charge in [-0.15, -0.1) is 0 Å². The number of anilines is 1. The smallest absolute Gasteiger partial charge is 0.262 e. The third-order valence-corrected chi connectivity index (χ3v) is 6.13. The Morgan fingerprint density at radius 2 is 1.64 bits per heavy atom. The lowest BCUT2D eigenvalue weighted by atomic mass is 10.1. The third-order valence-electron chi connectivity index (χ3n) is 5.15. The highest BCUT2D eigenvalue weighted by Crippen LogP contribution is 2.21. The number of carbonyl (C=O) groups excluding carboxylic acids is 2. The van der Waals surface area contributed by atoms with Gasteiger partial charge in [0.05, 0.1) is 23.2 Å². The van der Waals surface area contributed by atoms with Crippen LogP contribution in [0.4, 0.5) is 5.69 Å². The number of thioether (sulfide) groups is 1. The zero-order chi connectivity index (χ0) is 23.2. The van der Waals surface area contributed by atoms with Gasteiger partial charge in [-0.3, -0.25) is 19.0 Å². The maximum Gasteiger partial charge on any atom is 0.262 e. The molecule has 0 saturated heterocycles. The van der Waals surface area contributed by atoms with Crippen molar-refractivity contribution >= 4 is 40.0 Å². The van der Waals surface area contributed by atoms with Gasteiger partial charge >= 0.3 is 0 Å². The summed E-state index contributed by atoms with van der Waals surface area (Å²) in [5, 5.41) is 3.82. The number of para-hydroxylation sites is 1.